The van der Waals surface area contributed by atoms with Gasteiger partial charge in [-0.3, -0.25) is 4.90 Å². The van der Waals surface area contributed by atoms with Gasteiger partial charge in [0.1, 0.15) is 11.5 Å². The SMILES string of the molecule is CCNCc1cc(CN(CC(C)C)C(C)C)oc1C. The van der Waals surface area contributed by atoms with Gasteiger partial charge in [-0.1, -0.05) is 20.8 Å². The highest BCUT2D eigenvalue weighted by molar-refractivity contribution is 5.20. The van der Waals surface area contributed by atoms with E-state index in [1.165, 1.54) is 5.56 Å². The van der Waals surface area contributed by atoms with Crippen molar-refractivity contribution in [2.75, 3.05) is 13.1 Å². The fraction of sp³-hybridized carbons (Fsp3) is 0.750. The molecule has 0 spiro atoms. The number of hydrogen-bond donors (Lipinski definition) is 1. The zero-order chi connectivity index (χ0) is 14.4. The number of rotatable bonds is 8. The van der Waals surface area contributed by atoms with Gasteiger partial charge in [-0.25, -0.2) is 0 Å². The first kappa shape index (κ1) is 16.3. The van der Waals surface area contributed by atoms with Crippen molar-refractivity contribution >= 4 is 0 Å². The Hall–Kier alpha value is -0.800. The second-order valence-corrected chi connectivity index (χ2v) is 5.99. The highest BCUT2D eigenvalue weighted by atomic mass is 16.3. The lowest BCUT2D eigenvalue weighted by Gasteiger charge is -2.27. The van der Waals surface area contributed by atoms with Gasteiger partial charge in [0.25, 0.3) is 0 Å². The van der Waals surface area contributed by atoms with E-state index in [4.69, 9.17) is 4.42 Å². The van der Waals surface area contributed by atoms with Crippen molar-refractivity contribution in [1.82, 2.24) is 10.2 Å². The highest BCUT2D eigenvalue weighted by Crippen LogP contribution is 2.18. The summed E-state index contributed by atoms with van der Waals surface area (Å²) in [5, 5.41) is 3.35. The first-order valence-corrected chi connectivity index (χ1v) is 7.47. The standard InChI is InChI=1S/C16H30N2O/c1-7-17-9-15-8-16(19-14(15)6)11-18(13(4)5)10-12(2)3/h8,12-13,17H,7,9-11H2,1-6H3. The molecule has 1 aromatic heterocycles. The molecular formula is C16H30N2O. The van der Waals surface area contributed by atoms with E-state index < -0.39 is 0 Å². The maximum Gasteiger partial charge on any atom is 0.118 e. The summed E-state index contributed by atoms with van der Waals surface area (Å²) in [5.74, 6) is 2.81. The number of nitrogens with zero attached hydrogens (tertiary/aromatic N) is 1. The van der Waals surface area contributed by atoms with Crippen LogP contribution in [-0.4, -0.2) is 24.0 Å². The molecule has 1 heterocycles. The zero-order valence-corrected chi connectivity index (χ0v) is 13.4. The molecule has 1 aromatic rings. The second kappa shape index (κ2) is 7.71. The van der Waals surface area contributed by atoms with Crippen molar-refractivity contribution in [2.24, 2.45) is 5.92 Å². The van der Waals surface area contributed by atoms with Gasteiger partial charge in [0, 0.05) is 24.7 Å². The summed E-state index contributed by atoms with van der Waals surface area (Å²) >= 11 is 0. The van der Waals surface area contributed by atoms with E-state index in [0.717, 1.165) is 37.7 Å². The molecule has 0 radical (unpaired) electrons. The minimum Gasteiger partial charge on any atom is -0.465 e. The van der Waals surface area contributed by atoms with Crippen LogP contribution in [0.25, 0.3) is 0 Å². The van der Waals surface area contributed by atoms with E-state index >= 15 is 0 Å². The van der Waals surface area contributed by atoms with Gasteiger partial charge >= 0.3 is 0 Å². The van der Waals surface area contributed by atoms with Crippen LogP contribution in [0.3, 0.4) is 0 Å². The fourth-order valence-corrected chi connectivity index (χ4v) is 2.23. The Bertz CT molecular complexity index is 369. The number of nitrogens with one attached hydrogen (secondary N) is 1. The fourth-order valence-electron chi connectivity index (χ4n) is 2.23. The summed E-state index contributed by atoms with van der Waals surface area (Å²) in [5.41, 5.74) is 1.28. The van der Waals surface area contributed by atoms with E-state index in [1.54, 1.807) is 0 Å². The third-order valence-electron chi connectivity index (χ3n) is 3.33. The van der Waals surface area contributed by atoms with Crippen LogP contribution >= 0.6 is 0 Å². The molecular weight excluding hydrogens is 236 g/mol. The molecule has 0 aromatic carbocycles. The predicted molar refractivity (Wildman–Crippen MR) is 81.2 cm³/mol. The summed E-state index contributed by atoms with van der Waals surface area (Å²) in [7, 11) is 0. The number of aryl methyl sites for hydroxylation is 1. The molecule has 0 aliphatic rings. The molecule has 0 bridgehead atoms. The quantitative estimate of drug-likeness (QED) is 0.780. The second-order valence-electron chi connectivity index (χ2n) is 5.99. The zero-order valence-electron chi connectivity index (χ0n) is 13.4. The molecule has 110 valence electrons. The minimum absolute atomic E-state index is 0.546. The predicted octanol–water partition coefficient (Wildman–Crippen LogP) is 3.56. The van der Waals surface area contributed by atoms with E-state index in [1.807, 2.05) is 0 Å². The average molecular weight is 266 g/mol. The van der Waals surface area contributed by atoms with Crippen LogP contribution in [0.5, 0.6) is 0 Å². The Balaban J connectivity index is 2.68. The lowest BCUT2D eigenvalue weighted by Crippen LogP contribution is -2.33. The van der Waals surface area contributed by atoms with Crippen molar-refractivity contribution < 1.29 is 4.42 Å². The lowest BCUT2D eigenvalue weighted by molar-refractivity contribution is 0.174. The monoisotopic (exact) mass is 266 g/mol. The Morgan fingerprint density at radius 2 is 1.95 bits per heavy atom. The Kier molecular flexibility index (Phi) is 6.59. The van der Waals surface area contributed by atoms with Crippen molar-refractivity contribution in [3.63, 3.8) is 0 Å². The molecule has 0 fully saturated rings. The van der Waals surface area contributed by atoms with Crippen molar-refractivity contribution in [1.29, 1.82) is 0 Å². The van der Waals surface area contributed by atoms with E-state index in [0.29, 0.717) is 12.0 Å². The van der Waals surface area contributed by atoms with Crippen molar-refractivity contribution in [2.45, 2.75) is 60.7 Å². The molecule has 19 heavy (non-hydrogen) atoms. The maximum absolute atomic E-state index is 5.89. The molecule has 0 saturated heterocycles. The summed E-state index contributed by atoms with van der Waals surface area (Å²) in [4.78, 5) is 2.47. The molecule has 1 rings (SSSR count). The van der Waals surface area contributed by atoms with Gasteiger partial charge < -0.3 is 9.73 Å². The molecule has 3 nitrogen and oxygen atoms in total. The average Bonchev–Trinajstić information content (AvgIpc) is 2.65. The minimum atomic E-state index is 0.546. The highest BCUT2D eigenvalue weighted by Gasteiger charge is 2.15. The van der Waals surface area contributed by atoms with Crippen molar-refractivity contribution in [3.8, 4) is 0 Å². The molecule has 3 heteroatoms. The largest absolute Gasteiger partial charge is 0.465 e. The molecule has 0 aliphatic carbocycles. The Morgan fingerprint density at radius 1 is 1.26 bits per heavy atom. The van der Waals surface area contributed by atoms with Gasteiger partial charge in [-0.15, -0.1) is 0 Å². The van der Waals surface area contributed by atoms with E-state index in [-0.39, 0.29) is 0 Å². The van der Waals surface area contributed by atoms with Crippen LogP contribution in [-0.2, 0) is 13.1 Å². The van der Waals surface area contributed by atoms with Gasteiger partial charge in [0.15, 0.2) is 0 Å². The number of hydrogen-bond acceptors (Lipinski definition) is 3. The van der Waals surface area contributed by atoms with Crippen molar-refractivity contribution in [3.05, 3.63) is 23.2 Å². The Labute approximate surface area is 118 Å². The topological polar surface area (TPSA) is 28.4 Å². The summed E-state index contributed by atoms with van der Waals surface area (Å²) < 4.78 is 5.89. The van der Waals surface area contributed by atoms with Gasteiger partial charge in [-0.05, 0) is 39.3 Å². The van der Waals surface area contributed by atoms with Crippen LogP contribution in [0.1, 0.15) is 51.7 Å². The maximum atomic E-state index is 5.89. The van der Waals surface area contributed by atoms with Gasteiger partial charge in [0.2, 0.25) is 0 Å². The molecule has 0 amide bonds. The third-order valence-corrected chi connectivity index (χ3v) is 3.33. The van der Waals surface area contributed by atoms with Crippen LogP contribution < -0.4 is 5.32 Å². The molecule has 0 atom stereocenters. The van der Waals surface area contributed by atoms with Crippen LogP contribution in [0.2, 0.25) is 0 Å². The first-order chi connectivity index (χ1) is 8.93. The van der Waals surface area contributed by atoms with Crippen LogP contribution in [0.15, 0.2) is 10.5 Å². The summed E-state index contributed by atoms with van der Waals surface area (Å²) in [6.07, 6.45) is 0. The molecule has 0 aliphatic heterocycles. The summed E-state index contributed by atoms with van der Waals surface area (Å²) in [6, 6.07) is 2.75. The smallest absolute Gasteiger partial charge is 0.118 e. The molecule has 0 saturated carbocycles. The van der Waals surface area contributed by atoms with E-state index in [2.05, 4.69) is 57.8 Å². The molecule has 1 N–H and O–H groups in total. The van der Waals surface area contributed by atoms with Crippen LogP contribution in [0.4, 0.5) is 0 Å². The third kappa shape index (κ3) is 5.37. The first-order valence-electron chi connectivity index (χ1n) is 7.47. The summed E-state index contributed by atoms with van der Waals surface area (Å²) in [6.45, 7) is 17.1. The van der Waals surface area contributed by atoms with Crippen LogP contribution in [0, 0.1) is 12.8 Å². The lowest BCUT2D eigenvalue weighted by atomic mass is 10.1. The van der Waals surface area contributed by atoms with Gasteiger partial charge in [-0.2, -0.15) is 0 Å². The normalized spacial score (nSPS) is 12.1. The number of furan rings is 1. The Morgan fingerprint density at radius 3 is 2.47 bits per heavy atom. The van der Waals surface area contributed by atoms with Gasteiger partial charge in [0.05, 0.1) is 6.54 Å². The van der Waals surface area contributed by atoms with E-state index in [9.17, 15) is 0 Å². The molecule has 0 unspecified atom stereocenters.